The number of aromatic nitrogens is 3. The first-order chi connectivity index (χ1) is 19.4. The fourth-order valence-corrected chi connectivity index (χ4v) is 5.56. The Balaban J connectivity index is 1.20. The van der Waals surface area contributed by atoms with Crippen molar-refractivity contribution in [3.8, 4) is 17.0 Å². The first-order valence-corrected chi connectivity index (χ1v) is 13.0. The van der Waals surface area contributed by atoms with E-state index >= 15 is 0 Å². The van der Waals surface area contributed by atoms with Gasteiger partial charge in [-0.2, -0.15) is 0 Å². The second kappa shape index (κ2) is 9.04. The molecular formula is C28H25N7O5. The van der Waals surface area contributed by atoms with E-state index in [1.165, 1.54) is 12.0 Å². The fourth-order valence-electron chi connectivity index (χ4n) is 5.56. The Morgan fingerprint density at radius 1 is 1.05 bits per heavy atom. The van der Waals surface area contributed by atoms with Gasteiger partial charge in [0.15, 0.2) is 11.1 Å². The highest BCUT2D eigenvalue weighted by Gasteiger charge is 2.53. The molecule has 0 spiro atoms. The smallest absolute Gasteiger partial charge is 0.322 e. The third-order valence-corrected chi connectivity index (χ3v) is 7.68. The number of anilines is 1. The average molecular weight is 540 g/mol. The number of pyridine rings is 1. The van der Waals surface area contributed by atoms with E-state index < -0.39 is 17.5 Å². The Bertz CT molecular complexity index is 1680. The Morgan fingerprint density at radius 3 is 2.58 bits per heavy atom. The van der Waals surface area contributed by atoms with Crippen molar-refractivity contribution in [1.82, 2.24) is 30.5 Å². The minimum Gasteiger partial charge on any atom is -0.497 e. The van der Waals surface area contributed by atoms with Crippen molar-refractivity contribution >= 4 is 34.9 Å². The minimum atomic E-state index is -1.62. The molecule has 0 bridgehead atoms. The van der Waals surface area contributed by atoms with Gasteiger partial charge in [-0.1, -0.05) is 6.07 Å². The van der Waals surface area contributed by atoms with Crippen molar-refractivity contribution in [2.45, 2.75) is 24.9 Å². The summed E-state index contributed by atoms with van der Waals surface area (Å²) in [5.41, 5.74) is 1.98. The van der Waals surface area contributed by atoms with Crippen LogP contribution in [0.25, 0.3) is 22.4 Å². The number of rotatable bonds is 6. The predicted molar refractivity (Wildman–Crippen MR) is 143 cm³/mol. The van der Waals surface area contributed by atoms with Crippen molar-refractivity contribution in [1.29, 1.82) is 0 Å². The molecule has 4 aromatic rings. The molecule has 0 radical (unpaired) electrons. The number of amides is 4. The van der Waals surface area contributed by atoms with Gasteiger partial charge in [-0.25, -0.2) is 19.7 Å². The normalized spacial score (nSPS) is 20.3. The van der Waals surface area contributed by atoms with Crippen LogP contribution in [0.1, 0.15) is 34.5 Å². The summed E-state index contributed by atoms with van der Waals surface area (Å²) in [4.78, 5) is 56.2. The van der Waals surface area contributed by atoms with E-state index in [0.717, 1.165) is 37.1 Å². The zero-order chi connectivity index (χ0) is 27.4. The number of nitrogens with zero attached hydrogens (tertiary/aromatic N) is 5. The van der Waals surface area contributed by atoms with Crippen LogP contribution < -0.4 is 20.3 Å². The number of urea groups is 1. The highest BCUT2D eigenvalue weighted by Crippen LogP contribution is 2.35. The zero-order valence-electron chi connectivity index (χ0n) is 21.6. The van der Waals surface area contributed by atoms with Crippen LogP contribution in [0.4, 0.5) is 10.7 Å². The Labute approximate surface area is 228 Å². The lowest BCUT2D eigenvalue weighted by Crippen LogP contribution is -2.52. The van der Waals surface area contributed by atoms with Crippen molar-refractivity contribution in [3.63, 3.8) is 0 Å². The van der Waals surface area contributed by atoms with Gasteiger partial charge in [0.1, 0.15) is 17.0 Å². The SMILES string of the molecule is COc1ccc2c(c1)C(=O)N(CC1(c3cc4nc(-c5cnc(N6CCCC6)nc5)ccc4o3)NC(=O)NC1=O)C2. The Kier molecular flexibility index (Phi) is 5.44. The fraction of sp³-hybridized carbons (Fsp3) is 0.286. The molecule has 7 rings (SSSR count). The highest BCUT2D eigenvalue weighted by molar-refractivity contribution is 6.08. The Morgan fingerprint density at radius 2 is 1.85 bits per heavy atom. The molecule has 6 heterocycles. The standard InChI is InChI=1S/C28H25N7O5/c1-39-18-5-4-16-14-35(24(36)19(16)10-18)15-28(25(37)32-27(38)33-28)23-11-21-22(40-23)7-6-20(31-21)17-12-29-26(30-13-17)34-8-2-3-9-34/h4-7,10-13H,2-3,8-9,14-15H2,1H3,(H2,32,33,37,38). The van der Waals surface area contributed by atoms with E-state index in [1.54, 1.807) is 42.7 Å². The molecule has 4 amide bonds. The van der Waals surface area contributed by atoms with Crippen LogP contribution in [0.15, 0.2) is 53.2 Å². The van der Waals surface area contributed by atoms with Gasteiger partial charge in [-0.05, 0) is 42.7 Å². The van der Waals surface area contributed by atoms with Gasteiger partial charge >= 0.3 is 6.03 Å². The van der Waals surface area contributed by atoms with Gasteiger partial charge in [0, 0.05) is 49.2 Å². The van der Waals surface area contributed by atoms with Gasteiger partial charge in [0.2, 0.25) is 5.95 Å². The van der Waals surface area contributed by atoms with Crippen molar-refractivity contribution in [3.05, 3.63) is 65.7 Å². The zero-order valence-corrected chi connectivity index (χ0v) is 21.6. The van der Waals surface area contributed by atoms with Crippen LogP contribution in [-0.2, 0) is 16.9 Å². The number of imide groups is 1. The van der Waals surface area contributed by atoms with Crippen LogP contribution in [0.3, 0.4) is 0 Å². The van der Waals surface area contributed by atoms with Crippen LogP contribution in [-0.4, -0.2) is 64.4 Å². The third kappa shape index (κ3) is 3.82. The topological polar surface area (TPSA) is 143 Å². The minimum absolute atomic E-state index is 0.126. The summed E-state index contributed by atoms with van der Waals surface area (Å²) >= 11 is 0. The van der Waals surface area contributed by atoms with E-state index in [4.69, 9.17) is 14.1 Å². The van der Waals surface area contributed by atoms with Gasteiger partial charge in [-0.15, -0.1) is 0 Å². The van der Waals surface area contributed by atoms with Crippen LogP contribution in [0.2, 0.25) is 0 Å². The molecular weight excluding hydrogens is 514 g/mol. The maximum atomic E-state index is 13.3. The molecule has 0 saturated carbocycles. The molecule has 2 N–H and O–H groups in total. The summed E-state index contributed by atoms with van der Waals surface area (Å²) in [6.07, 6.45) is 5.76. The largest absolute Gasteiger partial charge is 0.497 e. The van der Waals surface area contributed by atoms with Crippen molar-refractivity contribution < 1.29 is 23.5 Å². The second-order valence-corrected chi connectivity index (χ2v) is 10.2. The number of carbonyl (C=O) groups excluding carboxylic acids is 3. The summed E-state index contributed by atoms with van der Waals surface area (Å²) in [6.45, 7) is 2.06. The van der Waals surface area contributed by atoms with E-state index in [1.807, 2.05) is 6.07 Å². The maximum Gasteiger partial charge on any atom is 0.322 e. The van der Waals surface area contributed by atoms with Gasteiger partial charge in [-0.3, -0.25) is 14.9 Å². The first kappa shape index (κ1) is 24.1. The summed E-state index contributed by atoms with van der Waals surface area (Å²) in [6, 6.07) is 9.77. The number of hydrogen-bond donors (Lipinski definition) is 2. The number of fused-ring (bicyclic) bond motifs is 2. The van der Waals surface area contributed by atoms with Gasteiger partial charge < -0.3 is 24.3 Å². The van der Waals surface area contributed by atoms with E-state index in [2.05, 4.69) is 25.5 Å². The molecule has 3 aliphatic heterocycles. The average Bonchev–Trinajstić information content (AvgIpc) is 3.76. The van der Waals surface area contributed by atoms with Crippen LogP contribution in [0.5, 0.6) is 5.75 Å². The number of methoxy groups -OCH3 is 1. The van der Waals surface area contributed by atoms with E-state index in [0.29, 0.717) is 34.1 Å². The summed E-state index contributed by atoms with van der Waals surface area (Å²) in [5.74, 6) is 0.568. The molecule has 0 aliphatic carbocycles. The van der Waals surface area contributed by atoms with Gasteiger partial charge in [0.25, 0.3) is 11.8 Å². The summed E-state index contributed by atoms with van der Waals surface area (Å²) in [5, 5.41) is 5.00. The molecule has 3 aromatic heterocycles. The van der Waals surface area contributed by atoms with Crippen LogP contribution >= 0.6 is 0 Å². The van der Waals surface area contributed by atoms with E-state index in [9.17, 15) is 14.4 Å². The number of nitrogens with one attached hydrogen (secondary N) is 2. The number of benzene rings is 1. The predicted octanol–water partition coefficient (Wildman–Crippen LogP) is 2.58. The molecule has 40 heavy (non-hydrogen) atoms. The van der Waals surface area contributed by atoms with Gasteiger partial charge in [0.05, 0.1) is 19.3 Å². The number of hydrogen-bond acceptors (Lipinski definition) is 9. The van der Waals surface area contributed by atoms with Crippen molar-refractivity contribution in [2.75, 3.05) is 31.6 Å². The number of carbonyl (C=O) groups is 3. The Hall–Kier alpha value is -5.00. The lowest BCUT2D eigenvalue weighted by molar-refractivity contribution is -0.125. The quantitative estimate of drug-likeness (QED) is 0.354. The lowest BCUT2D eigenvalue weighted by atomic mass is 9.95. The first-order valence-electron chi connectivity index (χ1n) is 13.0. The molecule has 1 atom stereocenters. The number of furan rings is 1. The van der Waals surface area contributed by atoms with Crippen molar-refractivity contribution in [2.24, 2.45) is 0 Å². The highest BCUT2D eigenvalue weighted by atomic mass is 16.5. The molecule has 3 aliphatic rings. The summed E-state index contributed by atoms with van der Waals surface area (Å²) in [7, 11) is 1.53. The second-order valence-electron chi connectivity index (χ2n) is 10.2. The summed E-state index contributed by atoms with van der Waals surface area (Å²) < 4.78 is 11.3. The maximum absolute atomic E-state index is 13.3. The molecule has 202 valence electrons. The molecule has 12 nitrogen and oxygen atoms in total. The molecule has 2 saturated heterocycles. The molecule has 12 heteroatoms. The number of ether oxygens (including phenoxy) is 1. The molecule has 1 aromatic carbocycles. The third-order valence-electron chi connectivity index (χ3n) is 7.68. The molecule has 1 unspecified atom stereocenters. The van der Waals surface area contributed by atoms with Crippen LogP contribution in [0, 0.1) is 0 Å². The van der Waals surface area contributed by atoms with E-state index in [-0.39, 0.29) is 24.8 Å². The molecule has 2 fully saturated rings. The monoisotopic (exact) mass is 539 g/mol. The lowest BCUT2D eigenvalue weighted by Gasteiger charge is -2.28.